The fourth-order valence-corrected chi connectivity index (χ4v) is 4.22. The van der Waals surface area contributed by atoms with Crippen LogP contribution in [0.15, 0.2) is 23.1 Å². The van der Waals surface area contributed by atoms with E-state index in [1.807, 2.05) is 0 Å². The van der Waals surface area contributed by atoms with Gasteiger partial charge in [0, 0.05) is 31.9 Å². The molecule has 0 unspecified atom stereocenters. The number of thiocarbonyl (C=S) groups is 1. The van der Waals surface area contributed by atoms with Crippen LogP contribution in [0.4, 0.5) is 0 Å². The Morgan fingerprint density at radius 1 is 1.38 bits per heavy atom. The molecule has 1 fully saturated rings. The summed E-state index contributed by atoms with van der Waals surface area (Å²) in [5.41, 5.74) is 6.85. The molecule has 1 heterocycles. The van der Waals surface area contributed by atoms with Crippen LogP contribution in [0.2, 0.25) is 0 Å². The van der Waals surface area contributed by atoms with Gasteiger partial charge >= 0.3 is 0 Å². The summed E-state index contributed by atoms with van der Waals surface area (Å²) in [6, 6.07) is 5.00. The summed E-state index contributed by atoms with van der Waals surface area (Å²) in [5, 5.41) is 0. The van der Waals surface area contributed by atoms with Crippen LogP contribution in [-0.2, 0) is 14.8 Å². The van der Waals surface area contributed by atoms with E-state index in [0.717, 1.165) is 0 Å². The molecule has 2 rings (SSSR count). The van der Waals surface area contributed by atoms with Gasteiger partial charge in [0.05, 0.1) is 4.90 Å². The van der Waals surface area contributed by atoms with Crippen LogP contribution in [0.1, 0.15) is 24.0 Å². The van der Waals surface area contributed by atoms with Gasteiger partial charge in [0.15, 0.2) is 0 Å². The lowest BCUT2D eigenvalue weighted by atomic mass is 10.1. The van der Waals surface area contributed by atoms with Gasteiger partial charge in [-0.15, -0.1) is 0 Å². The maximum atomic E-state index is 12.8. The van der Waals surface area contributed by atoms with Crippen molar-refractivity contribution in [3.63, 3.8) is 0 Å². The summed E-state index contributed by atoms with van der Waals surface area (Å²) in [7, 11) is -1.94. The molecule has 2 N–H and O–H groups in total. The van der Waals surface area contributed by atoms with Gasteiger partial charge in [-0.05, 0) is 31.4 Å². The molecule has 5 nitrogen and oxygen atoms in total. The normalized spacial score (nSPS) is 17.1. The SMILES string of the molecule is Cc1ccc(C(N)=S)cc1S(=O)(=O)N(C)C1CCOCC1. The zero-order valence-electron chi connectivity index (χ0n) is 12.2. The molecule has 0 spiro atoms. The first kappa shape index (κ1) is 16.4. The molecular formula is C14H20N2O3S2. The molecule has 0 radical (unpaired) electrons. The zero-order valence-corrected chi connectivity index (χ0v) is 13.8. The monoisotopic (exact) mass is 328 g/mol. The number of aryl methyl sites for hydroxylation is 1. The maximum Gasteiger partial charge on any atom is 0.243 e. The van der Waals surface area contributed by atoms with Crippen molar-refractivity contribution in [3.05, 3.63) is 29.3 Å². The van der Waals surface area contributed by atoms with Crippen LogP contribution >= 0.6 is 12.2 Å². The predicted molar refractivity (Wildman–Crippen MR) is 85.9 cm³/mol. The van der Waals surface area contributed by atoms with Crippen molar-refractivity contribution < 1.29 is 13.2 Å². The number of nitrogens with two attached hydrogens (primary N) is 1. The molecule has 1 saturated heterocycles. The largest absolute Gasteiger partial charge is 0.389 e. The molecule has 0 amide bonds. The molecule has 1 aliphatic heterocycles. The Morgan fingerprint density at radius 2 is 2.00 bits per heavy atom. The second-order valence-electron chi connectivity index (χ2n) is 5.21. The number of sulfonamides is 1. The summed E-state index contributed by atoms with van der Waals surface area (Å²) in [6.45, 7) is 2.96. The van der Waals surface area contributed by atoms with Crippen LogP contribution in [-0.4, -0.2) is 44.0 Å². The highest BCUT2D eigenvalue weighted by atomic mass is 32.2. The molecule has 0 bridgehead atoms. The van der Waals surface area contributed by atoms with E-state index >= 15 is 0 Å². The minimum Gasteiger partial charge on any atom is -0.389 e. The lowest BCUT2D eigenvalue weighted by Gasteiger charge is -2.30. The molecule has 7 heteroatoms. The van der Waals surface area contributed by atoms with Crippen LogP contribution in [0.5, 0.6) is 0 Å². The first-order valence-electron chi connectivity index (χ1n) is 6.80. The molecule has 0 atom stereocenters. The Bertz CT molecular complexity index is 638. The standard InChI is InChI=1S/C14H20N2O3S2/c1-10-3-4-11(14(15)20)9-13(10)21(17,18)16(2)12-5-7-19-8-6-12/h3-4,9,12H,5-8H2,1-2H3,(H2,15,20). The maximum absolute atomic E-state index is 12.8. The fourth-order valence-electron chi connectivity index (χ4n) is 2.43. The van der Waals surface area contributed by atoms with Crippen molar-refractivity contribution in [1.82, 2.24) is 4.31 Å². The average Bonchev–Trinajstić information content (AvgIpc) is 2.47. The lowest BCUT2D eigenvalue weighted by molar-refractivity contribution is 0.0632. The molecule has 1 aliphatic rings. The second-order valence-corrected chi connectivity index (χ2v) is 7.62. The third kappa shape index (κ3) is 3.42. The molecular weight excluding hydrogens is 308 g/mol. The average molecular weight is 328 g/mol. The minimum atomic E-state index is -3.56. The minimum absolute atomic E-state index is 0.0309. The predicted octanol–water partition coefficient (Wildman–Crippen LogP) is 1.43. The van der Waals surface area contributed by atoms with Crippen LogP contribution in [0.3, 0.4) is 0 Å². The quantitative estimate of drug-likeness (QED) is 0.847. The number of benzene rings is 1. The highest BCUT2D eigenvalue weighted by Crippen LogP contribution is 2.25. The van der Waals surface area contributed by atoms with E-state index < -0.39 is 10.0 Å². The summed E-state index contributed by atoms with van der Waals surface area (Å²) < 4.78 is 32.4. The van der Waals surface area contributed by atoms with Crippen LogP contribution in [0, 0.1) is 6.92 Å². The third-order valence-electron chi connectivity index (χ3n) is 3.83. The second kappa shape index (κ2) is 6.39. The van der Waals surface area contributed by atoms with E-state index in [1.54, 1.807) is 32.2 Å². The first-order chi connectivity index (χ1) is 9.84. The number of nitrogens with zero attached hydrogens (tertiary/aromatic N) is 1. The van der Waals surface area contributed by atoms with Crippen LogP contribution < -0.4 is 5.73 Å². The van der Waals surface area contributed by atoms with Gasteiger partial charge in [-0.3, -0.25) is 0 Å². The van der Waals surface area contributed by atoms with Gasteiger partial charge in [-0.2, -0.15) is 4.31 Å². The molecule has 21 heavy (non-hydrogen) atoms. The molecule has 1 aromatic rings. The molecule has 0 aliphatic carbocycles. The summed E-state index contributed by atoms with van der Waals surface area (Å²) >= 11 is 4.93. The Hall–Kier alpha value is -1.02. The van der Waals surface area contributed by atoms with E-state index in [-0.39, 0.29) is 15.9 Å². The van der Waals surface area contributed by atoms with Crippen molar-refractivity contribution in [1.29, 1.82) is 0 Å². The van der Waals surface area contributed by atoms with Gasteiger partial charge in [-0.1, -0.05) is 24.4 Å². The Morgan fingerprint density at radius 3 is 2.57 bits per heavy atom. The van der Waals surface area contributed by atoms with Gasteiger partial charge < -0.3 is 10.5 Å². The molecule has 1 aromatic carbocycles. The number of hydrogen-bond donors (Lipinski definition) is 1. The Balaban J connectivity index is 2.38. The molecule has 0 saturated carbocycles. The Labute approximate surface area is 131 Å². The van der Waals surface area contributed by atoms with Gasteiger partial charge in [0.25, 0.3) is 0 Å². The van der Waals surface area contributed by atoms with E-state index in [2.05, 4.69) is 0 Å². The highest BCUT2D eigenvalue weighted by molar-refractivity contribution is 7.89. The summed E-state index contributed by atoms with van der Waals surface area (Å²) in [5.74, 6) is 0. The van der Waals surface area contributed by atoms with Crippen molar-refractivity contribution in [2.45, 2.75) is 30.7 Å². The van der Waals surface area contributed by atoms with Crippen molar-refractivity contribution in [3.8, 4) is 0 Å². The first-order valence-corrected chi connectivity index (χ1v) is 8.65. The van der Waals surface area contributed by atoms with Crippen molar-refractivity contribution in [2.75, 3.05) is 20.3 Å². The molecule has 116 valence electrons. The zero-order chi connectivity index (χ0) is 15.6. The summed E-state index contributed by atoms with van der Waals surface area (Å²) in [4.78, 5) is 0.460. The molecule has 0 aromatic heterocycles. The number of hydrogen-bond acceptors (Lipinski definition) is 4. The Kier molecular flexibility index (Phi) is 4.98. The van der Waals surface area contributed by atoms with Gasteiger partial charge in [0.2, 0.25) is 10.0 Å². The fraction of sp³-hybridized carbons (Fsp3) is 0.500. The van der Waals surface area contributed by atoms with Crippen LogP contribution in [0.25, 0.3) is 0 Å². The number of ether oxygens (including phenoxy) is 1. The van der Waals surface area contributed by atoms with Gasteiger partial charge in [0.1, 0.15) is 4.99 Å². The van der Waals surface area contributed by atoms with E-state index in [4.69, 9.17) is 22.7 Å². The van der Waals surface area contributed by atoms with E-state index in [9.17, 15) is 8.42 Å². The smallest absolute Gasteiger partial charge is 0.243 e. The lowest BCUT2D eigenvalue weighted by Crippen LogP contribution is -2.40. The van der Waals surface area contributed by atoms with Crippen molar-refractivity contribution in [2.24, 2.45) is 5.73 Å². The van der Waals surface area contributed by atoms with Gasteiger partial charge in [-0.25, -0.2) is 8.42 Å². The van der Waals surface area contributed by atoms with E-state index in [1.165, 1.54) is 4.31 Å². The topological polar surface area (TPSA) is 72.6 Å². The highest BCUT2D eigenvalue weighted by Gasteiger charge is 2.30. The van der Waals surface area contributed by atoms with E-state index in [0.29, 0.717) is 37.2 Å². The summed E-state index contributed by atoms with van der Waals surface area (Å²) in [6.07, 6.45) is 1.42. The van der Waals surface area contributed by atoms with Crippen molar-refractivity contribution >= 4 is 27.2 Å². The third-order valence-corrected chi connectivity index (χ3v) is 6.12. The number of rotatable bonds is 4.